The third kappa shape index (κ3) is 5.27. The number of imide groups is 1. The van der Waals surface area contributed by atoms with Crippen LogP contribution >= 0.6 is 11.3 Å². The summed E-state index contributed by atoms with van der Waals surface area (Å²) in [4.78, 5) is 48.2. The van der Waals surface area contributed by atoms with E-state index in [1.165, 1.54) is 4.90 Å². The molecule has 4 rings (SSSR count). The molecule has 7 nitrogen and oxygen atoms in total. The fourth-order valence-corrected chi connectivity index (χ4v) is 5.24. The molecule has 1 aliphatic rings. The van der Waals surface area contributed by atoms with E-state index in [2.05, 4.69) is 4.98 Å². The number of aromatic nitrogens is 1. The number of carbonyl (C=O) groups is 3. The van der Waals surface area contributed by atoms with Gasteiger partial charge in [-0.05, 0) is 42.5 Å². The first-order valence-corrected chi connectivity index (χ1v) is 12.5. The van der Waals surface area contributed by atoms with E-state index in [0.717, 1.165) is 4.88 Å². The molecule has 1 fully saturated rings. The van der Waals surface area contributed by atoms with E-state index in [9.17, 15) is 14.4 Å². The Morgan fingerprint density at radius 2 is 1.97 bits per heavy atom. The van der Waals surface area contributed by atoms with E-state index in [0.29, 0.717) is 24.3 Å². The normalized spacial score (nSPS) is 18.5. The van der Waals surface area contributed by atoms with Gasteiger partial charge in [0.15, 0.2) is 0 Å². The fourth-order valence-electron chi connectivity index (χ4n) is 4.41. The molecule has 0 saturated carbocycles. The minimum atomic E-state index is -1.21. The Balaban J connectivity index is 1.49. The zero-order valence-corrected chi connectivity index (χ0v) is 20.7. The van der Waals surface area contributed by atoms with Crippen molar-refractivity contribution in [1.82, 2.24) is 14.8 Å². The van der Waals surface area contributed by atoms with Crippen LogP contribution < -0.4 is 4.74 Å². The topological polar surface area (TPSA) is 79.8 Å². The third-order valence-electron chi connectivity index (χ3n) is 6.55. The van der Waals surface area contributed by atoms with Crippen molar-refractivity contribution in [2.45, 2.75) is 37.6 Å². The Labute approximate surface area is 209 Å². The predicted molar refractivity (Wildman–Crippen MR) is 134 cm³/mol. The number of ether oxygens (including phenoxy) is 1. The monoisotopic (exact) mass is 491 g/mol. The van der Waals surface area contributed by atoms with E-state index < -0.39 is 5.41 Å². The second-order valence-electron chi connectivity index (χ2n) is 8.74. The van der Waals surface area contributed by atoms with Crippen molar-refractivity contribution in [3.8, 4) is 5.75 Å². The maximum atomic E-state index is 13.7. The molecule has 0 bridgehead atoms. The van der Waals surface area contributed by atoms with Gasteiger partial charge in [-0.3, -0.25) is 24.3 Å². The zero-order valence-electron chi connectivity index (χ0n) is 19.9. The van der Waals surface area contributed by atoms with Crippen molar-refractivity contribution in [2.24, 2.45) is 0 Å². The molecule has 3 heterocycles. The largest absolute Gasteiger partial charge is 0.492 e. The van der Waals surface area contributed by atoms with Gasteiger partial charge in [0.25, 0.3) is 0 Å². The Bertz CT molecular complexity index is 1150. The summed E-state index contributed by atoms with van der Waals surface area (Å²) in [6.07, 6.45) is 3.69. The Morgan fingerprint density at radius 1 is 1.17 bits per heavy atom. The summed E-state index contributed by atoms with van der Waals surface area (Å²) in [7, 11) is 1.75. The van der Waals surface area contributed by atoms with Gasteiger partial charge in [0.2, 0.25) is 17.7 Å². The maximum absolute atomic E-state index is 13.7. The highest BCUT2D eigenvalue weighted by molar-refractivity contribution is 7.10. The van der Waals surface area contributed by atoms with Crippen LogP contribution in [0.4, 0.5) is 0 Å². The Morgan fingerprint density at radius 3 is 2.66 bits per heavy atom. The lowest BCUT2D eigenvalue weighted by Crippen LogP contribution is -2.43. The number of hydrogen-bond donors (Lipinski definition) is 0. The standard InChI is InChI=1S/C27H29N3O4S/c1-20(23-12-7-16-35-23)29(2)24(31)17-27(21-9-4-3-5-10-21)18-25(32)30(26(27)33)14-8-15-34-22-11-6-13-28-19-22/h3-7,9-13,16,19-20H,8,14-15,17-18H2,1-2H3/t20-,27-/m0/s1. The molecule has 0 spiro atoms. The van der Waals surface area contributed by atoms with Gasteiger partial charge in [-0.15, -0.1) is 11.3 Å². The van der Waals surface area contributed by atoms with E-state index in [4.69, 9.17) is 4.74 Å². The van der Waals surface area contributed by atoms with Gasteiger partial charge >= 0.3 is 0 Å². The molecule has 182 valence electrons. The smallest absolute Gasteiger partial charge is 0.240 e. The highest BCUT2D eigenvalue weighted by atomic mass is 32.1. The second kappa shape index (κ2) is 10.8. The fraction of sp³-hybridized carbons (Fsp3) is 0.333. The molecule has 35 heavy (non-hydrogen) atoms. The van der Waals surface area contributed by atoms with Gasteiger partial charge in [-0.25, -0.2) is 0 Å². The molecular formula is C27H29N3O4S. The lowest BCUT2D eigenvalue weighted by molar-refractivity contribution is -0.143. The number of carbonyl (C=O) groups excluding carboxylic acids is 3. The molecule has 0 unspecified atom stereocenters. The van der Waals surface area contributed by atoms with Crippen LogP contribution in [0, 0.1) is 0 Å². The number of amides is 3. The maximum Gasteiger partial charge on any atom is 0.240 e. The molecule has 0 aliphatic carbocycles. The Kier molecular flexibility index (Phi) is 7.60. The molecule has 8 heteroatoms. The average Bonchev–Trinajstić information content (AvgIpc) is 3.50. The number of likely N-dealkylation sites (tertiary alicyclic amines) is 1. The highest BCUT2D eigenvalue weighted by Crippen LogP contribution is 2.41. The van der Waals surface area contributed by atoms with Gasteiger partial charge in [0.1, 0.15) is 5.75 Å². The molecule has 3 amide bonds. The number of hydrogen-bond acceptors (Lipinski definition) is 6. The van der Waals surface area contributed by atoms with Crippen LogP contribution in [-0.2, 0) is 19.8 Å². The van der Waals surface area contributed by atoms with Crippen molar-refractivity contribution < 1.29 is 19.1 Å². The molecule has 0 radical (unpaired) electrons. The minimum absolute atomic E-state index is 0.0216. The van der Waals surface area contributed by atoms with E-state index in [1.54, 1.807) is 47.8 Å². The SMILES string of the molecule is C[C@@H](c1cccs1)N(C)C(=O)C[C@@]1(c2ccccc2)CC(=O)N(CCCOc2cccnc2)C1=O. The molecule has 1 saturated heterocycles. The third-order valence-corrected chi connectivity index (χ3v) is 7.59. The van der Waals surface area contributed by atoms with Crippen molar-refractivity contribution in [3.05, 3.63) is 82.8 Å². The summed E-state index contributed by atoms with van der Waals surface area (Å²) in [5, 5.41) is 1.98. The number of rotatable bonds is 10. The van der Waals surface area contributed by atoms with Gasteiger partial charge in [-0.2, -0.15) is 0 Å². The van der Waals surface area contributed by atoms with Crippen LogP contribution in [0.5, 0.6) is 5.75 Å². The first kappa shape index (κ1) is 24.6. The van der Waals surface area contributed by atoms with Crippen LogP contribution in [0.25, 0.3) is 0 Å². The zero-order chi connectivity index (χ0) is 24.8. The van der Waals surface area contributed by atoms with Crippen LogP contribution in [0.3, 0.4) is 0 Å². The van der Waals surface area contributed by atoms with Crippen LogP contribution in [0.1, 0.15) is 42.7 Å². The summed E-state index contributed by atoms with van der Waals surface area (Å²) in [5.74, 6) is -0.112. The molecule has 0 N–H and O–H groups in total. The van der Waals surface area contributed by atoms with E-state index in [-0.39, 0.29) is 43.1 Å². The molecule has 2 atom stereocenters. The average molecular weight is 492 g/mol. The molecule has 3 aromatic rings. The first-order chi connectivity index (χ1) is 16.9. The lowest BCUT2D eigenvalue weighted by atomic mass is 9.75. The van der Waals surface area contributed by atoms with Crippen LogP contribution in [-0.4, -0.2) is 52.7 Å². The lowest BCUT2D eigenvalue weighted by Gasteiger charge is -2.31. The summed E-state index contributed by atoms with van der Waals surface area (Å²) in [5.41, 5.74) is -0.513. The molecule has 1 aromatic carbocycles. The summed E-state index contributed by atoms with van der Waals surface area (Å²) >= 11 is 1.59. The number of nitrogens with zero attached hydrogens (tertiary/aromatic N) is 3. The number of benzene rings is 1. The second-order valence-corrected chi connectivity index (χ2v) is 9.72. The van der Waals surface area contributed by atoms with Crippen LogP contribution in [0.15, 0.2) is 72.4 Å². The van der Waals surface area contributed by atoms with Gasteiger partial charge < -0.3 is 9.64 Å². The minimum Gasteiger partial charge on any atom is -0.492 e. The highest BCUT2D eigenvalue weighted by Gasteiger charge is 2.53. The van der Waals surface area contributed by atoms with Crippen molar-refractivity contribution in [3.63, 3.8) is 0 Å². The molecule has 2 aromatic heterocycles. The predicted octanol–water partition coefficient (Wildman–Crippen LogP) is 4.22. The van der Waals surface area contributed by atoms with Gasteiger partial charge in [0.05, 0.1) is 24.3 Å². The van der Waals surface area contributed by atoms with Crippen molar-refractivity contribution in [2.75, 3.05) is 20.2 Å². The summed E-state index contributed by atoms with van der Waals surface area (Å²) in [6, 6.07) is 16.6. The molecule has 1 aliphatic heterocycles. The number of pyridine rings is 1. The first-order valence-electron chi connectivity index (χ1n) is 11.6. The molecular weight excluding hydrogens is 462 g/mol. The Hall–Kier alpha value is -3.52. The van der Waals surface area contributed by atoms with Crippen molar-refractivity contribution in [1.29, 1.82) is 0 Å². The summed E-state index contributed by atoms with van der Waals surface area (Å²) in [6.45, 7) is 2.55. The number of thiophene rings is 1. The van der Waals surface area contributed by atoms with Gasteiger partial charge in [-0.1, -0.05) is 36.4 Å². The van der Waals surface area contributed by atoms with E-state index >= 15 is 0 Å². The van der Waals surface area contributed by atoms with Crippen molar-refractivity contribution >= 4 is 29.1 Å². The van der Waals surface area contributed by atoms with Gasteiger partial charge in [0, 0.05) is 37.5 Å². The quantitative estimate of drug-likeness (QED) is 0.313. The summed E-state index contributed by atoms with van der Waals surface area (Å²) < 4.78 is 5.66. The van der Waals surface area contributed by atoms with Crippen LogP contribution in [0.2, 0.25) is 0 Å². The van der Waals surface area contributed by atoms with E-state index in [1.807, 2.05) is 54.8 Å².